The van der Waals surface area contributed by atoms with E-state index in [-0.39, 0.29) is 6.61 Å². The van der Waals surface area contributed by atoms with E-state index in [1.165, 1.54) is 0 Å². The van der Waals surface area contributed by atoms with Crippen LogP contribution in [0.15, 0.2) is 48.5 Å². The predicted molar refractivity (Wildman–Crippen MR) is 75.5 cm³/mol. The summed E-state index contributed by atoms with van der Waals surface area (Å²) in [6, 6.07) is 15.6. The van der Waals surface area contributed by atoms with Gasteiger partial charge in [0.25, 0.3) is 0 Å². The van der Waals surface area contributed by atoms with Crippen LogP contribution in [0.5, 0.6) is 0 Å². The van der Waals surface area contributed by atoms with Gasteiger partial charge >= 0.3 is 6.09 Å². The summed E-state index contributed by atoms with van der Waals surface area (Å²) < 4.78 is 4.77. The maximum absolute atomic E-state index is 10.6. The molecule has 0 aliphatic carbocycles. The van der Waals surface area contributed by atoms with Crippen LogP contribution in [0.3, 0.4) is 0 Å². The van der Waals surface area contributed by atoms with Gasteiger partial charge in [-0.25, -0.2) is 4.79 Å². The van der Waals surface area contributed by atoms with Crippen molar-refractivity contribution in [2.75, 3.05) is 12.3 Å². The van der Waals surface area contributed by atoms with Crippen molar-refractivity contribution in [1.82, 2.24) is 0 Å². The summed E-state index contributed by atoms with van der Waals surface area (Å²) >= 11 is 0. The number of hydrogen-bond donors (Lipinski definition) is 2. The number of ether oxygens (including phenoxy) is 1. The highest BCUT2D eigenvalue weighted by atomic mass is 16.5. The van der Waals surface area contributed by atoms with Crippen LogP contribution in [0.25, 0.3) is 11.1 Å². The Morgan fingerprint density at radius 3 is 2.32 bits per heavy atom. The van der Waals surface area contributed by atoms with Crippen molar-refractivity contribution in [2.45, 2.75) is 6.42 Å². The Bertz CT molecular complexity index is 582. The number of nitrogen functional groups attached to an aromatic ring is 1. The van der Waals surface area contributed by atoms with E-state index in [1.807, 2.05) is 48.5 Å². The number of amides is 1. The van der Waals surface area contributed by atoms with Gasteiger partial charge in [0.05, 0.1) is 6.61 Å². The molecule has 2 aromatic carbocycles. The van der Waals surface area contributed by atoms with Crippen molar-refractivity contribution in [3.05, 3.63) is 54.1 Å². The fourth-order valence-corrected chi connectivity index (χ4v) is 2.00. The molecular weight excluding hydrogens is 240 g/mol. The van der Waals surface area contributed by atoms with Crippen molar-refractivity contribution in [3.8, 4) is 11.1 Å². The van der Waals surface area contributed by atoms with E-state index in [0.717, 1.165) is 22.4 Å². The summed E-state index contributed by atoms with van der Waals surface area (Å²) in [5.41, 5.74) is 14.8. The van der Waals surface area contributed by atoms with Crippen LogP contribution < -0.4 is 11.5 Å². The molecule has 4 nitrogen and oxygen atoms in total. The number of carbonyl (C=O) groups excluding carboxylic acids is 1. The highest BCUT2D eigenvalue weighted by molar-refractivity contribution is 5.78. The summed E-state index contributed by atoms with van der Waals surface area (Å²) in [5.74, 6) is 0. The van der Waals surface area contributed by atoms with Gasteiger partial charge in [-0.2, -0.15) is 0 Å². The van der Waals surface area contributed by atoms with E-state index in [0.29, 0.717) is 6.42 Å². The minimum absolute atomic E-state index is 0.263. The van der Waals surface area contributed by atoms with Crippen LogP contribution in [0.2, 0.25) is 0 Å². The topological polar surface area (TPSA) is 78.3 Å². The lowest BCUT2D eigenvalue weighted by Crippen LogP contribution is -2.14. The quantitative estimate of drug-likeness (QED) is 0.825. The van der Waals surface area contributed by atoms with Crippen LogP contribution in [0.4, 0.5) is 10.5 Å². The summed E-state index contributed by atoms with van der Waals surface area (Å²) in [6.45, 7) is 0.263. The second kappa shape index (κ2) is 5.91. The Labute approximate surface area is 112 Å². The zero-order valence-corrected chi connectivity index (χ0v) is 10.5. The Morgan fingerprint density at radius 2 is 1.63 bits per heavy atom. The number of anilines is 1. The zero-order valence-electron chi connectivity index (χ0n) is 10.5. The molecule has 0 saturated carbocycles. The summed E-state index contributed by atoms with van der Waals surface area (Å²) in [5, 5.41) is 0. The maximum atomic E-state index is 10.6. The summed E-state index contributed by atoms with van der Waals surface area (Å²) in [6.07, 6.45) is -0.148. The third kappa shape index (κ3) is 3.25. The average molecular weight is 256 g/mol. The van der Waals surface area contributed by atoms with Gasteiger partial charge in [-0.3, -0.25) is 0 Å². The Kier molecular flexibility index (Phi) is 4.03. The number of rotatable bonds is 4. The summed E-state index contributed by atoms with van der Waals surface area (Å²) in [4.78, 5) is 10.6. The number of para-hydroxylation sites is 1. The molecule has 0 radical (unpaired) electrons. The first-order valence-electron chi connectivity index (χ1n) is 6.03. The van der Waals surface area contributed by atoms with Gasteiger partial charge < -0.3 is 16.2 Å². The molecule has 2 rings (SSSR count). The number of primary amides is 1. The molecule has 4 N–H and O–H groups in total. The minimum atomic E-state index is -0.753. The second-order valence-electron chi connectivity index (χ2n) is 4.16. The second-order valence-corrected chi connectivity index (χ2v) is 4.16. The first kappa shape index (κ1) is 13.0. The van der Waals surface area contributed by atoms with Gasteiger partial charge in [-0.1, -0.05) is 42.5 Å². The van der Waals surface area contributed by atoms with Gasteiger partial charge in [-0.05, 0) is 17.2 Å². The van der Waals surface area contributed by atoms with Crippen LogP contribution in [-0.2, 0) is 11.2 Å². The largest absolute Gasteiger partial charge is 0.449 e. The fraction of sp³-hybridized carbons (Fsp3) is 0.133. The minimum Gasteiger partial charge on any atom is -0.449 e. The van der Waals surface area contributed by atoms with E-state index < -0.39 is 6.09 Å². The van der Waals surface area contributed by atoms with E-state index in [1.54, 1.807) is 0 Å². The molecule has 2 aromatic rings. The number of hydrogen-bond acceptors (Lipinski definition) is 3. The smallest absolute Gasteiger partial charge is 0.404 e. The Morgan fingerprint density at radius 1 is 1.00 bits per heavy atom. The zero-order chi connectivity index (χ0) is 13.7. The third-order valence-electron chi connectivity index (χ3n) is 2.88. The van der Waals surface area contributed by atoms with E-state index in [9.17, 15) is 4.79 Å². The van der Waals surface area contributed by atoms with Gasteiger partial charge in [0, 0.05) is 17.7 Å². The SMILES string of the molecule is NC(=O)OCCc1ccccc1-c1ccccc1N. The average Bonchev–Trinajstić information content (AvgIpc) is 2.40. The molecule has 0 unspecified atom stereocenters. The van der Waals surface area contributed by atoms with Crippen molar-refractivity contribution >= 4 is 11.8 Å². The van der Waals surface area contributed by atoms with Crippen LogP contribution in [0, 0.1) is 0 Å². The van der Waals surface area contributed by atoms with E-state index >= 15 is 0 Å². The Balaban J connectivity index is 2.26. The van der Waals surface area contributed by atoms with Crippen LogP contribution in [-0.4, -0.2) is 12.7 Å². The predicted octanol–water partition coefficient (Wildman–Crippen LogP) is 2.57. The van der Waals surface area contributed by atoms with E-state index in [4.69, 9.17) is 16.2 Å². The molecule has 98 valence electrons. The van der Waals surface area contributed by atoms with Gasteiger partial charge in [0.2, 0.25) is 0 Å². The number of carbonyl (C=O) groups is 1. The highest BCUT2D eigenvalue weighted by Gasteiger charge is 2.07. The molecule has 0 aliphatic rings. The van der Waals surface area contributed by atoms with E-state index in [2.05, 4.69) is 0 Å². The molecule has 1 amide bonds. The summed E-state index contributed by atoms with van der Waals surface area (Å²) in [7, 11) is 0. The fourth-order valence-electron chi connectivity index (χ4n) is 2.00. The molecule has 0 saturated heterocycles. The Hall–Kier alpha value is -2.49. The van der Waals surface area contributed by atoms with Crippen molar-refractivity contribution in [1.29, 1.82) is 0 Å². The van der Waals surface area contributed by atoms with Crippen molar-refractivity contribution in [3.63, 3.8) is 0 Å². The lowest BCUT2D eigenvalue weighted by molar-refractivity contribution is 0.158. The normalized spacial score (nSPS) is 10.1. The standard InChI is InChI=1S/C15H16N2O2/c16-14-8-4-3-7-13(14)12-6-2-1-5-11(12)9-10-19-15(17)18/h1-8H,9-10,16H2,(H2,17,18). The first-order chi connectivity index (χ1) is 9.18. The van der Waals surface area contributed by atoms with Gasteiger partial charge in [0.15, 0.2) is 0 Å². The lowest BCUT2D eigenvalue weighted by Gasteiger charge is -2.11. The highest BCUT2D eigenvalue weighted by Crippen LogP contribution is 2.28. The maximum Gasteiger partial charge on any atom is 0.404 e. The lowest BCUT2D eigenvalue weighted by atomic mass is 9.97. The number of benzene rings is 2. The van der Waals surface area contributed by atoms with Crippen molar-refractivity contribution < 1.29 is 9.53 Å². The van der Waals surface area contributed by atoms with Crippen LogP contribution >= 0.6 is 0 Å². The molecule has 0 fully saturated rings. The molecule has 0 atom stereocenters. The molecule has 4 heteroatoms. The molecular formula is C15H16N2O2. The molecule has 0 spiro atoms. The first-order valence-corrected chi connectivity index (χ1v) is 6.03. The monoisotopic (exact) mass is 256 g/mol. The molecule has 0 aliphatic heterocycles. The molecule has 0 bridgehead atoms. The van der Waals surface area contributed by atoms with Crippen molar-refractivity contribution in [2.24, 2.45) is 5.73 Å². The van der Waals surface area contributed by atoms with Gasteiger partial charge in [0.1, 0.15) is 0 Å². The molecule has 19 heavy (non-hydrogen) atoms. The van der Waals surface area contributed by atoms with Crippen LogP contribution in [0.1, 0.15) is 5.56 Å². The third-order valence-corrected chi connectivity index (χ3v) is 2.88. The number of nitrogens with two attached hydrogens (primary N) is 2. The molecule has 0 heterocycles. The molecule has 0 aromatic heterocycles. The van der Waals surface area contributed by atoms with Gasteiger partial charge in [-0.15, -0.1) is 0 Å².